The van der Waals surface area contributed by atoms with Gasteiger partial charge in [-0.1, -0.05) is 71.9 Å². The normalized spacial score (nSPS) is 17.9. The van der Waals surface area contributed by atoms with Gasteiger partial charge in [0, 0.05) is 18.0 Å². The summed E-state index contributed by atoms with van der Waals surface area (Å²) in [5, 5.41) is 1.53. The molecule has 6 rings (SSSR count). The lowest BCUT2D eigenvalue weighted by molar-refractivity contribution is -0.113. The number of thioether (sulfide) groups is 2. The Hall–Kier alpha value is -3.94. The van der Waals surface area contributed by atoms with Crippen molar-refractivity contribution in [2.45, 2.75) is 11.8 Å². The van der Waals surface area contributed by atoms with Gasteiger partial charge in [0.2, 0.25) is 0 Å². The number of fused-ring (bicyclic) bond motifs is 1. The molecular weight excluding hydrogens is 510 g/mol. The Labute approximate surface area is 230 Å². The average Bonchev–Trinajstić information content (AvgIpc) is 3.45. The second-order valence-electron chi connectivity index (χ2n) is 9.01. The highest BCUT2D eigenvalue weighted by Crippen LogP contribution is 2.51. The SMILES string of the molecule is COc1ccc2c(c1)N(C)C(=C1SC(=Nc3ccc(-c4ccccc4)cc3)N(c3ccc(C)cc3)C1=O)S2. The third-order valence-corrected chi connectivity index (χ3v) is 8.90. The average molecular weight is 536 g/mol. The van der Waals surface area contributed by atoms with Crippen molar-refractivity contribution in [3.05, 3.63) is 113 Å². The minimum absolute atomic E-state index is 0.0763. The number of aliphatic imine (C=N–C) groups is 1. The van der Waals surface area contributed by atoms with Gasteiger partial charge >= 0.3 is 0 Å². The Bertz CT molecular complexity index is 1580. The van der Waals surface area contributed by atoms with Crippen molar-refractivity contribution in [3.8, 4) is 16.9 Å². The van der Waals surface area contributed by atoms with Gasteiger partial charge < -0.3 is 9.64 Å². The van der Waals surface area contributed by atoms with Gasteiger partial charge in [-0.25, -0.2) is 4.99 Å². The van der Waals surface area contributed by atoms with Gasteiger partial charge in [0.15, 0.2) is 5.17 Å². The summed E-state index contributed by atoms with van der Waals surface area (Å²) in [5.41, 5.74) is 6.03. The summed E-state index contributed by atoms with van der Waals surface area (Å²) in [4.78, 5) is 24.4. The number of benzene rings is 4. The largest absolute Gasteiger partial charge is 0.497 e. The fourth-order valence-electron chi connectivity index (χ4n) is 4.42. The fourth-order valence-corrected chi connectivity index (χ4v) is 6.75. The number of amidine groups is 1. The first-order valence-corrected chi connectivity index (χ1v) is 13.8. The Morgan fingerprint density at radius 3 is 2.24 bits per heavy atom. The molecule has 0 bridgehead atoms. The van der Waals surface area contributed by atoms with E-state index < -0.39 is 0 Å². The predicted octanol–water partition coefficient (Wildman–Crippen LogP) is 7.85. The summed E-state index contributed by atoms with van der Waals surface area (Å²) < 4.78 is 5.42. The van der Waals surface area contributed by atoms with Gasteiger partial charge in [0.1, 0.15) is 10.7 Å². The van der Waals surface area contributed by atoms with Crippen molar-refractivity contribution >= 4 is 51.7 Å². The lowest BCUT2D eigenvalue weighted by Crippen LogP contribution is -2.29. The molecule has 38 heavy (non-hydrogen) atoms. The van der Waals surface area contributed by atoms with Crippen LogP contribution in [0.15, 0.2) is 117 Å². The molecule has 0 saturated carbocycles. The minimum atomic E-state index is -0.0763. The zero-order chi connectivity index (χ0) is 26.2. The van der Waals surface area contributed by atoms with E-state index in [1.807, 2.05) is 86.8 Å². The fraction of sp³-hybridized carbons (Fsp3) is 0.0968. The van der Waals surface area contributed by atoms with E-state index in [-0.39, 0.29) is 5.91 Å². The molecule has 0 unspecified atom stereocenters. The van der Waals surface area contributed by atoms with Gasteiger partial charge in [-0.15, -0.1) is 0 Å². The van der Waals surface area contributed by atoms with E-state index in [9.17, 15) is 4.79 Å². The lowest BCUT2D eigenvalue weighted by Gasteiger charge is -2.17. The summed E-state index contributed by atoms with van der Waals surface area (Å²) >= 11 is 3.01. The molecule has 1 saturated heterocycles. The highest BCUT2D eigenvalue weighted by molar-refractivity contribution is 8.20. The van der Waals surface area contributed by atoms with Crippen LogP contribution in [0.25, 0.3) is 11.1 Å². The third-order valence-electron chi connectivity index (χ3n) is 6.51. The summed E-state index contributed by atoms with van der Waals surface area (Å²) in [6.45, 7) is 2.04. The van der Waals surface area contributed by atoms with Crippen molar-refractivity contribution in [2.75, 3.05) is 24.0 Å². The van der Waals surface area contributed by atoms with E-state index >= 15 is 0 Å². The molecule has 1 fully saturated rings. The molecule has 0 aromatic heterocycles. The number of amides is 1. The Kier molecular flexibility index (Phi) is 6.47. The molecular formula is C31H25N3O2S2. The number of nitrogens with zero attached hydrogens (tertiary/aromatic N) is 3. The van der Waals surface area contributed by atoms with Gasteiger partial charge in [-0.05, 0) is 66.2 Å². The molecule has 2 heterocycles. The van der Waals surface area contributed by atoms with E-state index in [0.29, 0.717) is 10.1 Å². The number of methoxy groups -OCH3 is 1. The predicted molar refractivity (Wildman–Crippen MR) is 160 cm³/mol. The molecule has 4 aromatic carbocycles. The van der Waals surface area contributed by atoms with Crippen LogP contribution in [-0.4, -0.2) is 25.2 Å². The van der Waals surface area contributed by atoms with Crippen LogP contribution >= 0.6 is 23.5 Å². The van der Waals surface area contributed by atoms with Crippen LogP contribution < -0.4 is 14.5 Å². The zero-order valence-corrected chi connectivity index (χ0v) is 22.8. The molecule has 1 amide bonds. The number of hydrogen-bond acceptors (Lipinski definition) is 6. The number of anilines is 2. The topological polar surface area (TPSA) is 45.1 Å². The van der Waals surface area contributed by atoms with Crippen molar-refractivity contribution in [1.82, 2.24) is 0 Å². The lowest BCUT2D eigenvalue weighted by atomic mass is 10.1. The monoisotopic (exact) mass is 535 g/mol. The smallest absolute Gasteiger partial charge is 0.274 e. The van der Waals surface area contributed by atoms with Gasteiger partial charge in [0.05, 0.1) is 29.2 Å². The summed E-state index contributed by atoms with van der Waals surface area (Å²) in [6, 6.07) is 32.3. The first-order chi connectivity index (χ1) is 18.5. The standard InChI is InChI=1S/C31H25N3O2S2/c1-20-9-15-24(16-10-20)34-29(35)28(30-33(2)26-19-25(36-3)17-18-27(26)37-30)38-31(34)32-23-13-11-22(12-14-23)21-7-5-4-6-8-21/h4-19H,1-3H3. The van der Waals surface area contributed by atoms with Crippen LogP contribution in [0.5, 0.6) is 5.75 Å². The maximum atomic E-state index is 13.9. The number of ether oxygens (including phenoxy) is 1. The number of aryl methyl sites for hydroxylation is 1. The van der Waals surface area contributed by atoms with Crippen LogP contribution in [0, 0.1) is 6.92 Å². The number of rotatable bonds is 4. The van der Waals surface area contributed by atoms with Crippen molar-refractivity contribution in [2.24, 2.45) is 4.99 Å². The van der Waals surface area contributed by atoms with E-state index in [2.05, 4.69) is 29.2 Å². The van der Waals surface area contributed by atoms with Gasteiger partial charge in [0.25, 0.3) is 5.91 Å². The van der Waals surface area contributed by atoms with Crippen LogP contribution in [0.4, 0.5) is 17.1 Å². The quantitative estimate of drug-likeness (QED) is 0.249. The molecule has 5 nitrogen and oxygen atoms in total. The molecule has 188 valence electrons. The summed E-state index contributed by atoms with van der Waals surface area (Å²) in [6.07, 6.45) is 0. The van der Waals surface area contributed by atoms with Crippen LogP contribution in [0.2, 0.25) is 0 Å². The first kappa shape index (κ1) is 24.4. The molecule has 4 aromatic rings. The van der Waals surface area contributed by atoms with Crippen LogP contribution in [0.1, 0.15) is 5.56 Å². The number of carbonyl (C=O) groups is 1. The molecule has 0 radical (unpaired) electrons. The second-order valence-corrected chi connectivity index (χ2v) is 11.0. The second kappa shape index (κ2) is 10.1. The van der Waals surface area contributed by atoms with Crippen molar-refractivity contribution in [3.63, 3.8) is 0 Å². The molecule has 2 aliphatic rings. The van der Waals surface area contributed by atoms with Gasteiger partial charge in [-0.2, -0.15) is 0 Å². The molecule has 7 heteroatoms. The minimum Gasteiger partial charge on any atom is -0.497 e. The van der Waals surface area contributed by atoms with E-state index in [0.717, 1.165) is 49.4 Å². The zero-order valence-electron chi connectivity index (χ0n) is 21.2. The summed E-state index contributed by atoms with van der Waals surface area (Å²) in [7, 11) is 3.65. The van der Waals surface area contributed by atoms with E-state index in [1.54, 1.807) is 23.8 Å². The van der Waals surface area contributed by atoms with E-state index in [1.165, 1.54) is 11.8 Å². The number of hydrogen-bond donors (Lipinski definition) is 0. The Balaban J connectivity index is 1.39. The van der Waals surface area contributed by atoms with Crippen LogP contribution in [-0.2, 0) is 4.79 Å². The van der Waals surface area contributed by atoms with Gasteiger partial charge in [-0.3, -0.25) is 9.69 Å². The maximum absolute atomic E-state index is 13.9. The van der Waals surface area contributed by atoms with Crippen molar-refractivity contribution in [1.29, 1.82) is 0 Å². The molecule has 0 atom stereocenters. The summed E-state index contributed by atoms with van der Waals surface area (Å²) in [5.74, 6) is 0.711. The van der Waals surface area contributed by atoms with Crippen LogP contribution in [0.3, 0.4) is 0 Å². The number of carbonyl (C=O) groups excluding carboxylic acids is 1. The highest BCUT2D eigenvalue weighted by atomic mass is 32.2. The molecule has 0 N–H and O–H groups in total. The van der Waals surface area contributed by atoms with E-state index in [4.69, 9.17) is 9.73 Å². The van der Waals surface area contributed by atoms with Crippen molar-refractivity contribution < 1.29 is 9.53 Å². The first-order valence-electron chi connectivity index (χ1n) is 12.2. The Morgan fingerprint density at radius 2 is 1.53 bits per heavy atom. The maximum Gasteiger partial charge on any atom is 0.274 e. The molecule has 0 spiro atoms. The third kappa shape index (κ3) is 4.48. The molecule has 2 aliphatic heterocycles. The highest BCUT2D eigenvalue weighted by Gasteiger charge is 2.40. The molecule has 0 aliphatic carbocycles. The Morgan fingerprint density at radius 1 is 0.816 bits per heavy atom.